The van der Waals surface area contributed by atoms with Crippen LogP contribution in [0.5, 0.6) is 0 Å². The molecule has 3 heterocycles. The van der Waals surface area contributed by atoms with E-state index in [1.54, 1.807) is 11.3 Å². The number of hydrogen-bond acceptors (Lipinski definition) is 6. The van der Waals surface area contributed by atoms with Crippen molar-refractivity contribution in [2.24, 2.45) is 0 Å². The Hall–Kier alpha value is -1.40. The molecule has 0 spiro atoms. The van der Waals surface area contributed by atoms with Crippen LogP contribution in [0.25, 0.3) is 10.2 Å². The number of aliphatic hydroxyl groups is 1. The number of aliphatic hydroxyl groups excluding tert-OH is 1. The fraction of sp³-hybridized carbons (Fsp3) is 0.571. The van der Waals surface area contributed by atoms with Gasteiger partial charge in [0.2, 0.25) is 5.95 Å². The molecule has 1 fully saturated rings. The van der Waals surface area contributed by atoms with Crippen molar-refractivity contribution in [1.82, 2.24) is 9.97 Å². The minimum Gasteiger partial charge on any atom is -0.394 e. The molecule has 2 aromatic heterocycles. The first-order chi connectivity index (χ1) is 9.72. The number of nitrogens with two attached hydrogens (primary N) is 1. The van der Waals surface area contributed by atoms with Crippen LogP contribution < -0.4 is 10.6 Å². The van der Waals surface area contributed by atoms with Gasteiger partial charge >= 0.3 is 0 Å². The first kappa shape index (κ1) is 13.6. The molecule has 0 amide bonds. The zero-order valence-electron chi connectivity index (χ0n) is 11.7. The van der Waals surface area contributed by atoms with Crippen LogP contribution in [0.15, 0.2) is 6.07 Å². The summed E-state index contributed by atoms with van der Waals surface area (Å²) in [6.45, 7) is 3.23. The van der Waals surface area contributed by atoms with Gasteiger partial charge in [0, 0.05) is 11.4 Å². The molecule has 3 rings (SSSR count). The maximum Gasteiger partial charge on any atom is 0.223 e. The number of nitrogen functional groups attached to an aromatic ring is 1. The first-order valence-electron chi connectivity index (χ1n) is 7.16. The SMILES string of the molecule is CCc1cc2c(N3CCCCC3CO)nc(N)nc2s1. The quantitative estimate of drug-likeness (QED) is 0.907. The van der Waals surface area contributed by atoms with E-state index in [-0.39, 0.29) is 12.6 Å². The van der Waals surface area contributed by atoms with Gasteiger partial charge in [0.15, 0.2) is 0 Å². The van der Waals surface area contributed by atoms with Crippen LogP contribution >= 0.6 is 11.3 Å². The zero-order valence-corrected chi connectivity index (χ0v) is 12.5. The van der Waals surface area contributed by atoms with E-state index in [0.717, 1.165) is 48.3 Å². The summed E-state index contributed by atoms with van der Waals surface area (Å²) in [5, 5.41) is 10.7. The van der Waals surface area contributed by atoms with Crippen molar-refractivity contribution in [1.29, 1.82) is 0 Å². The van der Waals surface area contributed by atoms with Gasteiger partial charge in [-0.1, -0.05) is 6.92 Å². The highest BCUT2D eigenvalue weighted by Crippen LogP contribution is 2.34. The number of rotatable bonds is 3. The Labute approximate surface area is 122 Å². The molecule has 0 saturated carbocycles. The van der Waals surface area contributed by atoms with E-state index < -0.39 is 0 Å². The van der Waals surface area contributed by atoms with Crippen molar-refractivity contribution < 1.29 is 5.11 Å². The molecule has 5 nitrogen and oxygen atoms in total. The summed E-state index contributed by atoms with van der Waals surface area (Å²) in [6, 6.07) is 2.31. The van der Waals surface area contributed by atoms with Crippen LogP contribution in [0, 0.1) is 0 Å². The third-order valence-electron chi connectivity index (χ3n) is 3.90. The number of fused-ring (bicyclic) bond motifs is 1. The molecule has 1 atom stereocenters. The molecule has 1 aliphatic heterocycles. The van der Waals surface area contributed by atoms with E-state index >= 15 is 0 Å². The molecule has 1 aliphatic rings. The minimum absolute atomic E-state index is 0.145. The van der Waals surface area contributed by atoms with E-state index in [4.69, 9.17) is 5.73 Å². The lowest BCUT2D eigenvalue weighted by molar-refractivity contribution is 0.239. The normalized spacial score (nSPS) is 19.7. The second-order valence-electron chi connectivity index (χ2n) is 5.22. The van der Waals surface area contributed by atoms with Gasteiger partial charge in [-0.2, -0.15) is 4.98 Å². The molecule has 1 unspecified atom stereocenters. The lowest BCUT2D eigenvalue weighted by Gasteiger charge is -2.35. The summed E-state index contributed by atoms with van der Waals surface area (Å²) in [6.07, 6.45) is 4.29. The molecular weight excluding hydrogens is 272 g/mol. The summed E-state index contributed by atoms with van der Waals surface area (Å²) in [5.41, 5.74) is 5.86. The second kappa shape index (κ2) is 5.54. The van der Waals surface area contributed by atoms with Crippen LogP contribution in [0.4, 0.5) is 11.8 Å². The Bertz CT molecular complexity index is 612. The Morgan fingerprint density at radius 3 is 3.05 bits per heavy atom. The lowest BCUT2D eigenvalue weighted by atomic mass is 10.0. The smallest absolute Gasteiger partial charge is 0.223 e. The van der Waals surface area contributed by atoms with E-state index in [1.807, 2.05) is 0 Å². The highest BCUT2D eigenvalue weighted by molar-refractivity contribution is 7.18. The van der Waals surface area contributed by atoms with Gasteiger partial charge < -0.3 is 15.7 Å². The van der Waals surface area contributed by atoms with Crippen molar-refractivity contribution in [3.63, 3.8) is 0 Å². The molecule has 20 heavy (non-hydrogen) atoms. The van der Waals surface area contributed by atoms with E-state index in [9.17, 15) is 5.11 Å². The van der Waals surface area contributed by atoms with Gasteiger partial charge in [0.1, 0.15) is 10.6 Å². The summed E-state index contributed by atoms with van der Waals surface area (Å²) in [5.74, 6) is 1.21. The molecule has 108 valence electrons. The van der Waals surface area contributed by atoms with E-state index in [2.05, 4.69) is 27.9 Å². The third-order valence-corrected chi connectivity index (χ3v) is 5.07. The predicted molar refractivity (Wildman–Crippen MR) is 83.3 cm³/mol. The number of aromatic nitrogens is 2. The summed E-state index contributed by atoms with van der Waals surface area (Å²) in [4.78, 5) is 13.3. The maximum absolute atomic E-state index is 9.60. The van der Waals surface area contributed by atoms with Crippen LogP contribution in [0.3, 0.4) is 0 Å². The van der Waals surface area contributed by atoms with Gasteiger partial charge in [-0.15, -0.1) is 11.3 Å². The van der Waals surface area contributed by atoms with Crippen LogP contribution in [0.1, 0.15) is 31.1 Å². The standard InChI is InChI=1S/C14H20N4OS/c1-2-10-7-11-12(16-14(15)17-13(11)20-10)18-6-4-3-5-9(18)8-19/h7,9,19H,2-6,8H2,1H3,(H2,15,16,17). The van der Waals surface area contributed by atoms with Crippen molar-refractivity contribution in [2.75, 3.05) is 23.8 Å². The summed E-state index contributed by atoms with van der Waals surface area (Å²) in [7, 11) is 0. The average Bonchev–Trinajstić information content (AvgIpc) is 2.89. The van der Waals surface area contributed by atoms with E-state index in [1.165, 1.54) is 4.88 Å². The molecule has 3 N–H and O–H groups in total. The number of nitrogens with zero attached hydrogens (tertiary/aromatic N) is 3. The van der Waals surface area contributed by atoms with Crippen LogP contribution in [-0.4, -0.2) is 34.3 Å². The summed E-state index contributed by atoms with van der Waals surface area (Å²) < 4.78 is 0. The molecular formula is C14H20N4OS. The maximum atomic E-state index is 9.60. The van der Waals surface area contributed by atoms with Crippen LogP contribution in [-0.2, 0) is 6.42 Å². The Morgan fingerprint density at radius 1 is 1.45 bits per heavy atom. The van der Waals surface area contributed by atoms with Gasteiger partial charge in [-0.05, 0) is 31.7 Å². The van der Waals surface area contributed by atoms with Gasteiger partial charge in [0.25, 0.3) is 0 Å². The van der Waals surface area contributed by atoms with Gasteiger partial charge in [0.05, 0.1) is 18.0 Å². The van der Waals surface area contributed by atoms with Gasteiger partial charge in [-0.3, -0.25) is 0 Å². The Morgan fingerprint density at radius 2 is 2.30 bits per heavy atom. The van der Waals surface area contributed by atoms with Crippen molar-refractivity contribution in [2.45, 2.75) is 38.6 Å². The third kappa shape index (κ3) is 2.33. The molecule has 0 aromatic carbocycles. The fourth-order valence-corrected chi connectivity index (χ4v) is 3.80. The van der Waals surface area contributed by atoms with Crippen LogP contribution in [0.2, 0.25) is 0 Å². The Balaban J connectivity index is 2.11. The van der Waals surface area contributed by atoms with Gasteiger partial charge in [-0.25, -0.2) is 4.98 Å². The second-order valence-corrected chi connectivity index (χ2v) is 6.33. The molecule has 2 aromatic rings. The molecule has 0 aliphatic carbocycles. The molecule has 6 heteroatoms. The highest BCUT2D eigenvalue weighted by Gasteiger charge is 2.25. The number of anilines is 2. The molecule has 1 saturated heterocycles. The highest BCUT2D eigenvalue weighted by atomic mass is 32.1. The zero-order chi connectivity index (χ0) is 14.1. The molecule has 0 radical (unpaired) electrons. The first-order valence-corrected chi connectivity index (χ1v) is 7.98. The number of hydrogen-bond donors (Lipinski definition) is 2. The van der Waals surface area contributed by atoms with Crippen molar-refractivity contribution >= 4 is 33.3 Å². The topological polar surface area (TPSA) is 75.3 Å². The average molecular weight is 292 g/mol. The largest absolute Gasteiger partial charge is 0.394 e. The monoisotopic (exact) mass is 292 g/mol. The minimum atomic E-state index is 0.145. The van der Waals surface area contributed by atoms with Crippen molar-refractivity contribution in [3.8, 4) is 0 Å². The van der Waals surface area contributed by atoms with Crippen molar-refractivity contribution in [3.05, 3.63) is 10.9 Å². The fourth-order valence-electron chi connectivity index (χ4n) is 2.83. The molecule has 0 bridgehead atoms. The number of piperidine rings is 1. The van der Waals surface area contributed by atoms with E-state index in [0.29, 0.717) is 5.95 Å². The number of thiophene rings is 1. The lowest BCUT2D eigenvalue weighted by Crippen LogP contribution is -2.42. The summed E-state index contributed by atoms with van der Waals surface area (Å²) >= 11 is 1.68. The Kier molecular flexibility index (Phi) is 3.76. The number of aryl methyl sites for hydroxylation is 1. The predicted octanol–water partition coefficient (Wildman–Crippen LogP) is 2.19.